The maximum absolute atomic E-state index is 5.65. The predicted octanol–water partition coefficient (Wildman–Crippen LogP) is 3.67. The Morgan fingerprint density at radius 3 is 2.56 bits per heavy atom. The van der Waals surface area contributed by atoms with Crippen LogP contribution in [0.4, 0.5) is 0 Å². The summed E-state index contributed by atoms with van der Waals surface area (Å²) in [6, 6.07) is 1.87. The highest BCUT2D eigenvalue weighted by Crippen LogP contribution is 2.29. The molecule has 0 N–H and O–H groups in total. The highest BCUT2D eigenvalue weighted by atomic mass is 79.9. The number of ether oxygens (including phenoxy) is 2. The van der Waals surface area contributed by atoms with E-state index in [9.17, 15) is 0 Å². The number of rotatable bonds is 4. The van der Waals surface area contributed by atoms with Crippen molar-refractivity contribution in [1.82, 2.24) is 4.98 Å². The summed E-state index contributed by atoms with van der Waals surface area (Å²) in [5, 5.41) is 0. The van der Waals surface area contributed by atoms with Crippen LogP contribution in [0, 0.1) is 5.41 Å². The second-order valence-electron chi connectivity index (χ2n) is 4.74. The molecule has 0 bridgehead atoms. The fourth-order valence-electron chi connectivity index (χ4n) is 1.06. The molecule has 3 nitrogen and oxygen atoms in total. The Bertz CT molecular complexity index is 347. The van der Waals surface area contributed by atoms with Crippen LogP contribution in [0.25, 0.3) is 0 Å². The number of halogens is 1. The second-order valence-corrected chi connectivity index (χ2v) is 5.65. The van der Waals surface area contributed by atoms with Crippen molar-refractivity contribution in [1.29, 1.82) is 0 Å². The van der Waals surface area contributed by atoms with Gasteiger partial charge in [0.15, 0.2) is 5.75 Å². The van der Waals surface area contributed by atoms with Gasteiger partial charge in [0.2, 0.25) is 0 Å². The topological polar surface area (TPSA) is 31.4 Å². The van der Waals surface area contributed by atoms with Gasteiger partial charge in [-0.25, -0.2) is 4.98 Å². The van der Waals surface area contributed by atoms with E-state index in [1.54, 1.807) is 6.20 Å². The van der Waals surface area contributed by atoms with Crippen LogP contribution in [0.3, 0.4) is 0 Å². The number of hydrogen-bond acceptors (Lipinski definition) is 3. The fourth-order valence-corrected chi connectivity index (χ4v) is 1.37. The summed E-state index contributed by atoms with van der Waals surface area (Å²) in [7, 11) is 0. The first-order valence-corrected chi connectivity index (χ1v) is 6.13. The van der Waals surface area contributed by atoms with E-state index in [2.05, 4.69) is 41.7 Å². The lowest BCUT2D eigenvalue weighted by molar-refractivity contribution is 0.181. The zero-order valence-electron chi connectivity index (χ0n) is 10.2. The number of hydrogen-bond donors (Lipinski definition) is 0. The van der Waals surface area contributed by atoms with Gasteiger partial charge >= 0.3 is 0 Å². The van der Waals surface area contributed by atoms with Gasteiger partial charge in [-0.2, -0.15) is 0 Å². The highest BCUT2D eigenvalue weighted by Gasteiger charge is 2.14. The van der Waals surface area contributed by atoms with Crippen LogP contribution in [-0.2, 0) is 0 Å². The van der Waals surface area contributed by atoms with Crippen LogP contribution < -0.4 is 9.47 Å². The molecule has 1 aromatic rings. The molecule has 0 unspecified atom stereocenters. The maximum atomic E-state index is 5.65. The standard InChI is InChI=1S/C12H18BrNO2/c1-5-15-10-6-9(13)7-14-11(10)16-8-12(2,3)4/h6-7H,5,8H2,1-4H3. The van der Waals surface area contributed by atoms with E-state index in [1.165, 1.54) is 0 Å². The summed E-state index contributed by atoms with van der Waals surface area (Å²) >= 11 is 3.36. The minimum atomic E-state index is 0.109. The second kappa shape index (κ2) is 5.53. The summed E-state index contributed by atoms with van der Waals surface area (Å²) in [4.78, 5) is 4.21. The molecule has 4 heteroatoms. The van der Waals surface area contributed by atoms with E-state index < -0.39 is 0 Å². The summed E-state index contributed by atoms with van der Waals surface area (Å²) in [6.07, 6.45) is 1.71. The molecule has 0 aliphatic heterocycles. The van der Waals surface area contributed by atoms with Crippen LogP contribution in [-0.4, -0.2) is 18.2 Å². The quantitative estimate of drug-likeness (QED) is 0.847. The molecule has 0 aliphatic rings. The van der Waals surface area contributed by atoms with Crippen molar-refractivity contribution >= 4 is 15.9 Å². The molecule has 0 fully saturated rings. The van der Waals surface area contributed by atoms with Crippen LogP contribution in [0.2, 0.25) is 0 Å². The zero-order chi connectivity index (χ0) is 12.2. The van der Waals surface area contributed by atoms with E-state index >= 15 is 0 Å². The lowest BCUT2D eigenvalue weighted by atomic mass is 9.99. The first-order chi connectivity index (χ1) is 7.42. The van der Waals surface area contributed by atoms with Crippen molar-refractivity contribution in [3.63, 3.8) is 0 Å². The average molecular weight is 288 g/mol. The molecule has 0 amide bonds. The monoisotopic (exact) mass is 287 g/mol. The summed E-state index contributed by atoms with van der Waals surface area (Å²) in [5.41, 5.74) is 0.109. The molecule has 0 aliphatic carbocycles. The van der Waals surface area contributed by atoms with Crippen LogP contribution in [0.5, 0.6) is 11.6 Å². The molecule has 0 saturated carbocycles. The summed E-state index contributed by atoms with van der Waals surface area (Å²) in [6.45, 7) is 9.50. The minimum absolute atomic E-state index is 0.109. The van der Waals surface area contributed by atoms with E-state index in [-0.39, 0.29) is 5.41 Å². The summed E-state index contributed by atoms with van der Waals surface area (Å²) in [5.74, 6) is 1.24. The van der Waals surface area contributed by atoms with Crippen LogP contribution in [0.15, 0.2) is 16.7 Å². The molecule has 1 aromatic heterocycles. The van der Waals surface area contributed by atoms with Gasteiger partial charge in [0.05, 0.1) is 13.2 Å². The highest BCUT2D eigenvalue weighted by molar-refractivity contribution is 9.10. The van der Waals surface area contributed by atoms with E-state index in [1.807, 2.05) is 13.0 Å². The molecular weight excluding hydrogens is 270 g/mol. The van der Waals surface area contributed by atoms with Gasteiger partial charge in [-0.15, -0.1) is 0 Å². The SMILES string of the molecule is CCOc1cc(Br)cnc1OCC(C)(C)C. The van der Waals surface area contributed by atoms with Gasteiger partial charge in [-0.3, -0.25) is 0 Å². The van der Waals surface area contributed by atoms with E-state index in [4.69, 9.17) is 9.47 Å². The van der Waals surface area contributed by atoms with Gasteiger partial charge in [-0.05, 0) is 28.3 Å². The zero-order valence-corrected chi connectivity index (χ0v) is 11.8. The Labute approximate surface area is 105 Å². The Hall–Kier alpha value is -0.770. The predicted molar refractivity (Wildman–Crippen MR) is 68.1 cm³/mol. The molecule has 1 rings (SSSR count). The van der Waals surface area contributed by atoms with Crippen molar-refractivity contribution in [2.75, 3.05) is 13.2 Å². The van der Waals surface area contributed by atoms with Crippen molar-refractivity contribution < 1.29 is 9.47 Å². The first kappa shape index (κ1) is 13.3. The first-order valence-electron chi connectivity index (χ1n) is 5.33. The van der Waals surface area contributed by atoms with Gasteiger partial charge < -0.3 is 9.47 Å². The Morgan fingerprint density at radius 1 is 1.31 bits per heavy atom. The molecular formula is C12H18BrNO2. The van der Waals surface area contributed by atoms with Gasteiger partial charge in [0.1, 0.15) is 0 Å². The van der Waals surface area contributed by atoms with Gasteiger partial charge in [-0.1, -0.05) is 20.8 Å². The molecule has 0 radical (unpaired) electrons. The van der Waals surface area contributed by atoms with Crippen molar-refractivity contribution in [2.24, 2.45) is 5.41 Å². The van der Waals surface area contributed by atoms with Crippen molar-refractivity contribution in [3.05, 3.63) is 16.7 Å². The molecule has 1 heterocycles. The maximum Gasteiger partial charge on any atom is 0.257 e. The van der Waals surface area contributed by atoms with Gasteiger partial charge in [0.25, 0.3) is 5.88 Å². The Morgan fingerprint density at radius 2 is 2.00 bits per heavy atom. The number of aromatic nitrogens is 1. The number of nitrogens with zero attached hydrogens (tertiary/aromatic N) is 1. The molecule has 90 valence electrons. The Balaban J connectivity index is 2.78. The van der Waals surface area contributed by atoms with E-state index in [0.717, 1.165) is 4.47 Å². The van der Waals surface area contributed by atoms with Crippen molar-refractivity contribution in [2.45, 2.75) is 27.7 Å². The molecule has 16 heavy (non-hydrogen) atoms. The van der Waals surface area contributed by atoms with Crippen LogP contribution in [0.1, 0.15) is 27.7 Å². The van der Waals surface area contributed by atoms with Gasteiger partial charge in [0, 0.05) is 16.7 Å². The van der Waals surface area contributed by atoms with E-state index in [0.29, 0.717) is 24.8 Å². The molecule has 0 saturated heterocycles. The third-order valence-corrected chi connectivity index (χ3v) is 2.16. The lowest BCUT2D eigenvalue weighted by Crippen LogP contribution is -2.17. The normalized spacial score (nSPS) is 11.3. The largest absolute Gasteiger partial charge is 0.488 e. The Kier molecular flexibility index (Phi) is 4.59. The third-order valence-electron chi connectivity index (χ3n) is 1.73. The fraction of sp³-hybridized carbons (Fsp3) is 0.583. The number of pyridine rings is 1. The minimum Gasteiger partial charge on any atom is -0.488 e. The van der Waals surface area contributed by atoms with Crippen molar-refractivity contribution in [3.8, 4) is 11.6 Å². The molecule has 0 spiro atoms. The lowest BCUT2D eigenvalue weighted by Gasteiger charge is -2.19. The third kappa shape index (κ3) is 4.39. The summed E-state index contributed by atoms with van der Waals surface area (Å²) < 4.78 is 12.0. The van der Waals surface area contributed by atoms with Crippen LogP contribution >= 0.6 is 15.9 Å². The molecule has 0 aromatic carbocycles. The molecule has 0 atom stereocenters. The smallest absolute Gasteiger partial charge is 0.257 e. The average Bonchev–Trinajstić information content (AvgIpc) is 2.15.